The maximum atomic E-state index is 9.35. The number of nitrogens with zero attached hydrogens (tertiary/aromatic N) is 1. The van der Waals surface area contributed by atoms with E-state index in [4.69, 9.17) is 9.47 Å². The monoisotopic (exact) mass is 397 g/mol. The molecule has 3 rings (SSSR count). The van der Waals surface area contributed by atoms with Gasteiger partial charge in [-0.2, -0.15) is 0 Å². The van der Waals surface area contributed by atoms with Crippen LogP contribution in [0.4, 0.5) is 0 Å². The molecule has 0 amide bonds. The van der Waals surface area contributed by atoms with Gasteiger partial charge in [-0.3, -0.25) is 4.99 Å². The van der Waals surface area contributed by atoms with Crippen LogP contribution in [0.3, 0.4) is 0 Å². The zero-order chi connectivity index (χ0) is 20.4. The fourth-order valence-electron chi connectivity index (χ4n) is 3.43. The first-order chi connectivity index (χ1) is 14.2. The van der Waals surface area contributed by atoms with Gasteiger partial charge in [0.2, 0.25) is 0 Å². The number of hydrogen-bond donors (Lipinski definition) is 3. The predicted molar refractivity (Wildman–Crippen MR) is 115 cm³/mol. The molecule has 6 nitrogen and oxygen atoms in total. The third kappa shape index (κ3) is 6.48. The molecule has 0 radical (unpaired) electrons. The van der Waals surface area contributed by atoms with Crippen molar-refractivity contribution in [1.29, 1.82) is 0 Å². The van der Waals surface area contributed by atoms with Crippen LogP contribution in [0.15, 0.2) is 59.6 Å². The van der Waals surface area contributed by atoms with Crippen LogP contribution in [0.2, 0.25) is 0 Å². The van der Waals surface area contributed by atoms with Crippen LogP contribution in [0.25, 0.3) is 0 Å². The number of benzene rings is 2. The normalized spacial score (nSPS) is 19.2. The van der Waals surface area contributed by atoms with E-state index >= 15 is 0 Å². The molecule has 1 aliphatic rings. The molecule has 1 fully saturated rings. The Balaban J connectivity index is 1.44. The van der Waals surface area contributed by atoms with Gasteiger partial charge >= 0.3 is 0 Å². The first kappa shape index (κ1) is 21.1. The maximum Gasteiger partial charge on any atom is 0.191 e. The van der Waals surface area contributed by atoms with E-state index in [1.807, 2.05) is 30.3 Å². The number of aliphatic hydroxyl groups excluding tert-OH is 1. The Morgan fingerprint density at radius 1 is 1.10 bits per heavy atom. The summed E-state index contributed by atoms with van der Waals surface area (Å²) < 4.78 is 11.4. The molecule has 3 N–H and O–H groups in total. The minimum atomic E-state index is -0.00981. The molecule has 0 aliphatic carbocycles. The summed E-state index contributed by atoms with van der Waals surface area (Å²) >= 11 is 0. The van der Waals surface area contributed by atoms with Crippen LogP contribution in [0.5, 0.6) is 5.75 Å². The molecule has 156 valence electrons. The van der Waals surface area contributed by atoms with Crippen LogP contribution in [0.1, 0.15) is 24.0 Å². The largest absolute Gasteiger partial charge is 0.489 e. The zero-order valence-electron chi connectivity index (χ0n) is 17.1. The Morgan fingerprint density at radius 2 is 1.90 bits per heavy atom. The summed E-state index contributed by atoms with van der Waals surface area (Å²) in [4.78, 5) is 4.30. The predicted octanol–water partition coefficient (Wildman–Crippen LogP) is 2.72. The molecule has 2 aromatic rings. The Hall–Kier alpha value is -2.57. The lowest BCUT2D eigenvalue weighted by Gasteiger charge is -2.27. The van der Waals surface area contributed by atoms with Crippen molar-refractivity contribution in [3.63, 3.8) is 0 Å². The van der Waals surface area contributed by atoms with Crippen molar-refractivity contribution in [2.45, 2.75) is 26.0 Å². The highest BCUT2D eigenvalue weighted by atomic mass is 16.5. The molecule has 29 heavy (non-hydrogen) atoms. The second-order valence-corrected chi connectivity index (χ2v) is 7.47. The van der Waals surface area contributed by atoms with E-state index in [0.29, 0.717) is 19.8 Å². The number of guanidine groups is 1. The van der Waals surface area contributed by atoms with E-state index < -0.39 is 0 Å². The highest BCUT2D eigenvalue weighted by Gasteiger charge is 2.34. The summed E-state index contributed by atoms with van der Waals surface area (Å²) in [5, 5.41) is 16.1. The fraction of sp³-hybridized carbons (Fsp3) is 0.435. The van der Waals surface area contributed by atoms with Gasteiger partial charge in [-0.05, 0) is 36.1 Å². The topological polar surface area (TPSA) is 75.1 Å². The van der Waals surface area contributed by atoms with Crippen molar-refractivity contribution in [3.8, 4) is 5.75 Å². The number of rotatable bonds is 9. The molecule has 1 aliphatic heterocycles. The van der Waals surface area contributed by atoms with Gasteiger partial charge in [0.15, 0.2) is 5.96 Å². The molecule has 0 spiro atoms. The fourth-order valence-corrected chi connectivity index (χ4v) is 3.43. The number of hydrogen-bond acceptors (Lipinski definition) is 4. The van der Waals surface area contributed by atoms with Crippen molar-refractivity contribution >= 4 is 5.96 Å². The van der Waals surface area contributed by atoms with Crippen LogP contribution >= 0.6 is 0 Å². The summed E-state index contributed by atoms with van der Waals surface area (Å²) in [7, 11) is 1.76. The standard InChI is InChI=1S/C23H31N3O3/c1-24-22(26-17-23(11-13-27)12-14-28-18-23)25-15-19-7-9-21(10-8-19)29-16-20-5-3-2-4-6-20/h2-10,27H,11-18H2,1H3,(H2,24,25,26). The minimum absolute atomic E-state index is 0.00981. The van der Waals surface area contributed by atoms with Gasteiger partial charge in [0.05, 0.1) is 6.61 Å². The van der Waals surface area contributed by atoms with Gasteiger partial charge in [0.25, 0.3) is 0 Å². The smallest absolute Gasteiger partial charge is 0.191 e. The quantitative estimate of drug-likeness (QED) is 0.448. The Kier molecular flexibility index (Phi) is 7.90. The van der Waals surface area contributed by atoms with Gasteiger partial charge in [-0.15, -0.1) is 0 Å². The van der Waals surface area contributed by atoms with Crippen molar-refractivity contribution in [1.82, 2.24) is 10.6 Å². The average molecular weight is 398 g/mol. The minimum Gasteiger partial charge on any atom is -0.489 e. The molecular weight excluding hydrogens is 366 g/mol. The lowest BCUT2D eigenvalue weighted by atomic mass is 9.84. The van der Waals surface area contributed by atoms with Crippen LogP contribution in [0, 0.1) is 5.41 Å². The van der Waals surface area contributed by atoms with E-state index in [1.54, 1.807) is 7.05 Å². The lowest BCUT2D eigenvalue weighted by Crippen LogP contribution is -2.44. The van der Waals surface area contributed by atoms with Gasteiger partial charge in [0, 0.05) is 38.8 Å². The van der Waals surface area contributed by atoms with E-state index in [0.717, 1.165) is 48.8 Å². The molecule has 1 atom stereocenters. The van der Waals surface area contributed by atoms with E-state index in [2.05, 4.69) is 39.9 Å². The van der Waals surface area contributed by atoms with Gasteiger partial charge in [-0.1, -0.05) is 42.5 Å². The van der Waals surface area contributed by atoms with Crippen molar-refractivity contribution < 1.29 is 14.6 Å². The molecular formula is C23H31N3O3. The summed E-state index contributed by atoms with van der Waals surface area (Å²) in [6.07, 6.45) is 1.70. The molecule has 0 saturated carbocycles. The maximum absolute atomic E-state index is 9.35. The third-order valence-corrected chi connectivity index (χ3v) is 5.31. The SMILES string of the molecule is CN=C(NCc1ccc(OCc2ccccc2)cc1)NCC1(CCO)CCOC1. The van der Waals surface area contributed by atoms with Crippen LogP contribution in [-0.4, -0.2) is 44.5 Å². The van der Waals surface area contributed by atoms with Crippen LogP contribution < -0.4 is 15.4 Å². The number of nitrogens with one attached hydrogen (secondary N) is 2. The van der Waals surface area contributed by atoms with Crippen LogP contribution in [-0.2, 0) is 17.9 Å². The van der Waals surface area contributed by atoms with Gasteiger partial charge in [-0.25, -0.2) is 0 Å². The number of aliphatic imine (C=N–C) groups is 1. The first-order valence-corrected chi connectivity index (χ1v) is 10.1. The average Bonchev–Trinajstić information content (AvgIpc) is 3.23. The van der Waals surface area contributed by atoms with Crippen molar-refractivity contribution in [3.05, 3.63) is 65.7 Å². The summed E-state index contributed by atoms with van der Waals surface area (Å²) in [5.41, 5.74) is 2.29. The van der Waals surface area contributed by atoms with E-state index in [1.165, 1.54) is 0 Å². The molecule has 1 unspecified atom stereocenters. The van der Waals surface area contributed by atoms with Crippen molar-refractivity contribution in [2.75, 3.05) is 33.4 Å². The molecule has 0 aromatic heterocycles. The zero-order valence-corrected chi connectivity index (χ0v) is 17.1. The molecule has 2 aromatic carbocycles. The van der Waals surface area contributed by atoms with E-state index in [9.17, 15) is 5.11 Å². The molecule has 0 bridgehead atoms. The summed E-state index contributed by atoms with van der Waals surface area (Å²) in [5.74, 6) is 1.60. The first-order valence-electron chi connectivity index (χ1n) is 10.1. The molecule has 1 heterocycles. The number of ether oxygens (including phenoxy) is 2. The highest BCUT2D eigenvalue weighted by Crippen LogP contribution is 2.31. The second kappa shape index (κ2) is 10.8. The third-order valence-electron chi connectivity index (χ3n) is 5.31. The van der Waals surface area contributed by atoms with Gasteiger partial charge in [0.1, 0.15) is 12.4 Å². The summed E-state index contributed by atoms with van der Waals surface area (Å²) in [6, 6.07) is 18.2. The molecule has 6 heteroatoms. The second-order valence-electron chi connectivity index (χ2n) is 7.47. The Morgan fingerprint density at radius 3 is 2.55 bits per heavy atom. The van der Waals surface area contributed by atoms with Gasteiger partial charge < -0.3 is 25.2 Å². The lowest BCUT2D eigenvalue weighted by molar-refractivity contribution is 0.127. The summed E-state index contributed by atoms with van der Waals surface area (Å²) in [6.45, 7) is 3.58. The van der Waals surface area contributed by atoms with E-state index in [-0.39, 0.29) is 12.0 Å². The number of aliphatic hydroxyl groups is 1. The Labute approximate surface area is 173 Å². The molecule has 1 saturated heterocycles. The van der Waals surface area contributed by atoms with Crippen molar-refractivity contribution in [2.24, 2.45) is 10.4 Å². The Bertz CT molecular complexity index is 757. The highest BCUT2D eigenvalue weighted by molar-refractivity contribution is 5.79.